The molecule has 1 N–H and O–H groups in total. The van der Waals surface area contributed by atoms with Gasteiger partial charge >= 0.3 is 0 Å². The van der Waals surface area contributed by atoms with Crippen molar-refractivity contribution in [2.24, 2.45) is 0 Å². The second-order valence-corrected chi connectivity index (χ2v) is 9.79. The number of carbonyl (C=O) groups excluding carboxylic acids is 2. The Morgan fingerprint density at radius 3 is 2.27 bits per heavy atom. The van der Waals surface area contributed by atoms with Gasteiger partial charge in [0.15, 0.2) is 0 Å². The third kappa shape index (κ3) is 7.02. The molecule has 7 nitrogen and oxygen atoms in total. The smallest absolute Gasteiger partial charge is 0.244 e. The number of nitrogens with zero attached hydrogens (tertiary/aromatic N) is 2. The van der Waals surface area contributed by atoms with Crippen molar-refractivity contribution in [2.75, 3.05) is 23.7 Å². The highest BCUT2D eigenvalue weighted by atomic mass is 32.2. The number of aryl methyl sites for hydroxylation is 1. The van der Waals surface area contributed by atoms with Crippen LogP contribution >= 0.6 is 0 Å². The second kappa shape index (κ2) is 11.8. The van der Waals surface area contributed by atoms with Crippen LogP contribution < -0.4 is 9.62 Å². The first-order valence-corrected chi connectivity index (χ1v) is 12.8. The van der Waals surface area contributed by atoms with Gasteiger partial charge in [0.2, 0.25) is 21.8 Å². The normalized spacial score (nSPS) is 12.2. The van der Waals surface area contributed by atoms with Gasteiger partial charge in [0, 0.05) is 13.1 Å². The molecule has 9 heteroatoms. The summed E-state index contributed by atoms with van der Waals surface area (Å²) < 4.78 is 40.1. The van der Waals surface area contributed by atoms with Crippen molar-refractivity contribution in [3.05, 3.63) is 65.5 Å². The maximum atomic E-state index is 14.4. The predicted molar refractivity (Wildman–Crippen MR) is 128 cm³/mol. The number of anilines is 1. The summed E-state index contributed by atoms with van der Waals surface area (Å²) in [6.45, 7) is 5.59. The number of hydrogen-bond acceptors (Lipinski definition) is 4. The summed E-state index contributed by atoms with van der Waals surface area (Å²) in [6, 6.07) is 12.1. The van der Waals surface area contributed by atoms with Crippen molar-refractivity contribution < 1.29 is 22.4 Å². The van der Waals surface area contributed by atoms with Gasteiger partial charge in [-0.25, -0.2) is 12.8 Å². The SMILES string of the molecule is CCCNC(=O)C(CC)N(Cc1ccccc1C)C(=O)CN(c1ccccc1F)S(C)(=O)=O. The lowest BCUT2D eigenvalue weighted by atomic mass is 10.1. The number of halogens is 1. The Bertz CT molecular complexity index is 1070. The van der Waals surface area contributed by atoms with Crippen molar-refractivity contribution >= 4 is 27.5 Å². The van der Waals surface area contributed by atoms with E-state index >= 15 is 0 Å². The van der Waals surface area contributed by atoms with Crippen LogP contribution in [0.15, 0.2) is 48.5 Å². The number of benzene rings is 2. The molecule has 2 amide bonds. The van der Waals surface area contributed by atoms with Crippen LogP contribution in [0.1, 0.15) is 37.8 Å². The number of carbonyl (C=O) groups is 2. The first-order chi connectivity index (χ1) is 15.6. The zero-order chi connectivity index (χ0) is 24.6. The summed E-state index contributed by atoms with van der Waals surface area (Å²) >= 11 is 0. The first-order valence-electron chi connectivity index (χ1n) is 10.9. The van der Waals surface area contributed by atoms with Gasteiger partial charge in [-0.05, 0) is 43.0 Å². The van der Waals surface area contributed by atoms with Crippen LogP contribution in [0.5, 0.6) is 0 Å². The molecular formula is C24H32FN3O4S. The van der Waals surface area contributed by atoms with E-state index in [4.69, 9.17) is 0 Å². The molecule has 1 unspecified atom stereocenters. The molecule has 2 rings (SSSR count). The van der Waals surface area contributed by atoms with Crippen LogP contribution in [-0.2, 0) is 26.2 Å². The molecule has 0 aliphatic rings. The van der Waals surface area contributed by atoms with E-state index in [0.29, 0.717) is 13.0 Å². The standard InChI is InChI=1S/C24H32FN3O4S/c1-5-15-26-24(30)21(6-2)27(16-19-12-8-7-11-18(19)3)23(29)17-28(33(4,31)32)22-14-10-9-13-20(22)25/h7-14,21H,5-6,15-17H2,1-4H3,(H,26,30). The number of nitrogens with one attached hydrogen (secondary N) is 1. The van der Waals surface area contributed by atoms with Gasteiger partial charge in [-0.15, -0.1) is 0 Å². The highest BCUT2D eigenvalue weighted by molar-refractivity contribution is 7.92. The molecule has 0 aliphatic carbocycles. The largest absolute Gasteiger partial charge is 0.354 e. The molecule has 33 heavy (non-hydrogen) atoms. The maximum Gasteiger partial charge on any atom is 0.244 e. The molecule has 0 spiro atoms. The quantitative estimate of drug-likeness (QED) is 0.538. The molecule has 2 aromatic rings. The molecular weight excluding hydrogens is 445 g/mol. The Hall–Kier alpha value is -2.94. The topological polar surface area (TPSA) is 86.8 Å². The first kappa shape index (κ1) is 26.3. The third-order valence-corrected chi connectivity index (χ3v) is 6.46. The average molecular weight is 478 g/mol. The minimum Gasteiger partial charge on any atom is -0.354 e. The fourth-order valence-corrected chi connectivity index (χ4v) is 4.36. The van der Waals surface area contributed by atoms with Gasteiger partial charge in [0.25, 0.3) is 0 Å². The van der Waals surface area contributed by atoms with Gasteiger partial charge in [-0.1, -0.05) is 50.2 Å². The van der Waals surface area contributed by atoms with E-state index in [0.717, 1.165) is 34.2 Å². The van der Waals surface area contributed by atoms with E-state index in [9.17, 15) is 22.4 Å². The lowest BCUT2D eigenvalue weighted by molar-refractivity contribution is -0.140. The summed E-state index contributed by atoms with van der Waals surface area (Å²) in [6.07, 6.45) is 2.00. The molecule has 0 radical (unpaired) electrons. The Kier molecular flexibility index (Phi) is 9.40. The van der Waals surface area contributed by atoms with Crippen LogP contribution in [0, 0.1) is 12.7 Å². The monoisotopic (exact) mass is 477 g/mol. The van der Waals surface area contributed by atoms with Gasteiger partial charge in [0.1, 0.15) is 18.4 Å². The highest BCUT2D eigenvalue weighted by Gasteiger charge is 2.32. The van der Waals surface area contributed by atoms with Crippen LogP contribution in [0.3, 0.4) is 0 Å². The lowest BCUT2D eigenvalue weighted by Crippen LogP contribution is -2.52. The predicted octanol–water partition coefficient (Wildman–Crippen LogP) is 3.23. The van der Waals surface area contributed by atoms with Crippen LogP contribution in [0.25, 0.3) is 0 Å². The number of amides is 2. The van der Waals surface area contributed by atoms with Crippen LogP contribution in [-0.4, -0.2) is 50.5 Å². The van der Waals surface area contributed by atoms with Crippen molar-refractivity contribution in [3.63, 3.8) is 0 Å². The van der Waals surface area contributed by atoms with Gasteiger partial charge in [-0.2, -0.15) is 0 Å². The van der Waals surface area contributed by atoms with E-state index in [-0.39, 0.29) is 18.1 Å². The lowest BCUT2D eigenvalue weighted by Gasteiger charge is -2.33. The Morgan fingerprint density at radius 2 is 1.70 bits per heavy atom. The maximum absolute atomic E-state index is 14.4. The van der Waals surface area contributed by atoms with E-state index in [1.165, 1.54) is 23.1 Å². The number of para-hydroxylation sites is 1. The van der Waals surface area contributed by atoms with Gasteiger partial charge in [0.05, 0.1) is 11.9 Å². The zero-order valence-electron chi connectivity index (χ0n) is 19.5. The molecule has 1 atom stereocenters. The molecule has 180 valence electrons. The second-order valence-electron chi connectivity index (χ2n) is 7.88. The molecule has 0 fully saturated rings. The minimum atomic E-state index is -3.97. The number of rotatable bonds is 11. The number of hydrogen-bond donors (Lipinski definition) is 1. The van der Waals surface area contributed by atoms with Gasteiger partial charge in [-0.3, -0.25) is 13.9 Å². The summed E-state index contributed by atoms with van der Waals surface area (Å²) in [5.74, 6) is -1.66. The van der Waals surface area contributed by atoms with E-state index in [2.05, 4.69) is 5.32 Å². The summed E-state index contributed by atoms with van der Waals surface area (Å²) in [5, 5.41) is 2.82. The average Bonchev–Trinajstić information content (AvgIpc) is 2.76. The third-order valence-electron chi connectivity index (χ3n) is 5.34. The minimum absolute atomic E-state index is 0.123. The van der Waals surface area contributed by atoms with Crippen molar-refractivity contribution in [1.29, 1.82) is 0 Å². The Labute approximate surface area is 195 Å². The molecule has 0 bridgehead atoms. The van der Waals surface area contributed by atoms with Crippen molar-refractivity contribution in [2.45, 2.75) is 46.2 Å². The fraction of sp³-hybridized carbons (Fsp3) is 0.417. The fourth-order valence-electron chi connectivity index (χ4n) is 3.51. The molecule has 2 aromatic carbocycles. The summed E-state index contributed by atoms with van der Waals surface area (Å²) in [7, 11) is -3.97. The van der Waals surface area contributed by atoms with Crippen LogP contribution in [0.4, 0.5) is 10.1 Å². The van der Waals surface area contributed by atoms with E-state index in [1.807, 2.05) is 38.1 Å². The molecule has 0 aliphatic heterocycles. The van der Waals surface area contributed by atoms with Gasteiger partial charge < -0.3 is 10.2 Å². The highest BCUT2D eigenvalue weighted by Crippen LogP contribution is 2.23. The van der Waals surface area contributed by atoms with Crippen molar-refractivity contribution in [1.82, 2.24) is 10.2 Å². The molecule has 0 heterocycles. The van der Waals surface area contributed by atoms with Crippen molar-refractivity contribution in [3.8, 4) is 0 Å². The Balaban J connectivity index is 2.45. The molecule has 0 saturated heterocycles. The summed E-state index contributed by atoms with van der Waals surface area (Å²) in [4.78, 5) is 27.7. The van der Waals surface area contributed by atoms with E-state index < -0.39 is 34.3 Å². The Morgan fingerprint density at radius 1 is 1.06 bits per heavy atom. The molecule has 0 saturated carbocycles. The molecule has 0 aromatic heterocycles. The van der Waals surface area contributed by atoms with E-state index in [1.54, 1.807) is 6.92 Å². The summed E-state index contributed by atoms with van der Waals surface area (Å²) in [5.41, 5.74) is 1.56. The zero-order valence-corrected chi connectivity index (χ0v) is 20.4. The number of sulfonamides is 1. The van der Waals surface area contributed by atoms with Crippen LogP contribution in [0.2, 0.25) is 0 Å².